The molecule has 12 heavy (non-hydrogen) atoms. The lowest BCUT2D eigenvalue weighted by Gasteiger charge is -2.03. The van der Waals surface area contributed by atoms with Crippen molar-refractivity contribution in [2.24, 2.45) is 5.73 Å². The predicted octanol–water partition coefficient (Wildman–Crippen LogP) is 1.09. The second-order valence-electron chi connectivity index (χ2n) is 2.76. The molecule has 0 radical (unpaired) electrons. The Morgan fingerprint density at radius 3 is 2.50 bits per heavy atom. The van der Waals surface area contributed by atoms with Gasteiger partial charge in [0.1, 0.15) is 0 Å². The lowest BCUT2D eigenvalue weighted by molar-refractivity contribution is 0.727. The van der Waals surface area contributed by atoms with E-state index in [0.29, 0.717) is 0 Å². The summed E-state index contributed by atoms with van der Waals surface area (Å²) in [5.41, 5.74) is 6.73. The second-order valence-corrected chi connectivity index (χ2v) is 3.53. The van der Waals surface area contributed by atoms with Crippen molar-refractivity contribution in [3.8, 4) is 0 Å². The molecule has 4 heteroatoms. The Morgan fingerprint density at radius 1 is 1.50 bits per heavy atom. The minimum atomic E-state index is 0.175. The summed E-state index contributed by atoms with van der Waals surface area (Å²) in [6, 6.07) is 0.175. The number of hydrogen-bond donors (Lipinski definition) is 1. The normalized spacial score (nSPS) is 12.9. The van der Waals surface area contributed by atoms with E-state index in [0.717, 1.165) is 17.1 Å². The first kappa shape index (κ1) is 9.48. The molecule has 3 nitrogen and oxygen atoms in total. The van der Waals surface area contributed by atoms with E-state index in [9.17, 15) is 0 Å². The molecule has 1 unspecified atom stereocenters. The summed E-state index contributed by atoms with van der Waals surface area (Å²) in [6.45, 7) is 1.97. The molecule has 1 aromatic heterocycles. The van der Waals surface area contributed by atoms with Crippen LogP contribution < -0.4 is 5.73 Å². The molecule has 2 N–H and O–H groups in total. The first-order chi connectivity index (χ1) is 5.72. The zero-order chi connectivity index (χ0) is 8.97. The summed E-state index contributed by atoms with van der Waals surface area (Å²) in [5, 5.41) is 0.809. The highest BCUT2D eigenvalue weighted by Gasteiger charge is 1.99. The van der Waals surface area contributed by atoms with Gasteiger partial charge in [-0.05, 0) is 25.2 Å². The van der Waals surface area contributed by atoms with Gasteiger partial charge in [-0.25, -0.2) is 9.97 Å². The maximum atomic E-state index is 5.63. The summed E-state index contributed by atoms with van der Waals surface area (Å²) in [4.78, 5) is 8.29. The Kier molecular flexibility index (Phi) is 3.49. The van der Waals surface area contributed by atoms with Crippen LogP contribution in [0.5, 0.6) is 0 Å². The first-order valence-electron chi connectivity index (χ1n) is 3.83. The van der Waals surface area contributed by atoms with Gasteiger partial charge in [-0.15, -0.1) is 0 Å². The largest absolute Gasteiger partial charge is 0.328 e. The lowest BCUT2D eigenvalue weighted by Crippen LogP contribution is -2.17. The van der Waals surface area contributed by atoms with Crippen LogP contribution in [0.4, 0.5) is 0 Å². The molecule has 0 aliphatic rings. The molecule has 0 aliphatic carbocycles. The van der Waals surface area contributed by atoms with Crippen LogP contribution in [0.25, 0.3) is 0 Å². The van der Waals surface area contributed by atoms with Crippen molar-refractivity contribution in [1.82, 2.24) is 9.97 Å². The van der Waals surface area contributed by atoms with Crippen LogP contribution in [0.1, 0.15) is 12.5 Å². The molecule has 0 amide bonds. The first-order valence-corrected chi connectivity index (χ1v) is 5.05. The smallest absolute Gasteiger partial charge is 0.187 e. The van der Waals surface area contributed by atoms with Crippen LogP contribution >= 0.6 is 11.8 Å². The molecule has 66 valence electrons. The topological polar surface area (TPSA) is 51.8 Å². The Morgan fingerprint density at radius 2 is 2.08 bits per heavy atom. The van der Waals surface area contributed by atoms with Crippen molar-refractivity contribution in [3.05, 3.63) is 18.0 Å². The Hall–Kier alpha value is -0.610. The van der Waals surface area contributed by atoms with Crippen molar-refractivity contribution < 1.29 is 0 Å². The third-order valence-electron chi connectivity index (χ3n) is 1.42. The number of nitrogens with two attached hydrogens (primary N) is 1. The summed E-state index contributed by atoms with van der Waals surface area (Å²) in [5.74, 6) is 0. The molecular formula is C8H13N3S. The van der Waals surface area contributed by atoms with Crippen LogP contribution in [0.2, 0.25) is 0 Å². The SMILES string of the molecule is CSc1ncc(CC(C)N)cn1. The maximum absolute atomic E-state index is 5.63. The van der Waals surface area contributed by atoms with Gasteiger partial charge >= 0.3 is 0 Å². The summed E-state index contributed by atoms with van der Waals surface area (Å²) in [7, 11) is 0. The molecule has 0 aliphatic heterocycles. The van der Waals surface area contributed by atoms with E-state index in [2.05, 4.69) is 9.97 Å². The molecule has 0 spiro atoms. The Bertz CT molecular complexity index is 233. The van der Waals surface area contributed by atoms with E-state index in [1.165, 1.54) is 0 Å². The summed E-state index contributed by atoms with van der Waals surface area (Å²) < 4.78 is 0. The highest BCUT2D eigenvalue weighted by atomic mass is 32.2. The molecule has 1 heterocycles. The minimum absolute atomic E-state index is 0.175. The fourth-order valence-electron chi connectivity index (χ4n) is 0.926. The van der Waals surface area contributed by atoms with Gasteiger partial charge in [0.2, 0.25) is 0 Å². The van der Waals surface area contributed by atoms with Crippen molar-refractivity contribution >= 4 is 11.8 Å². The highest BCUT2D eigenvalue weighted by molar-refractivity contribution is 7.98. The fraction of sp³-hybridized carbons (Fsp3) is 0.500. The van der Waals surface area contributed by atoms with Crippen LogP contribution in [-0.2, 0) is 6.42 Å². The van der Waals surface area contributed by atoms with Crippen LogP contribution in [0, 0.1) is 0 Å². The zero-order valence-electron chi connectivity index (χ0n) is 7.32. The van der Waals surface area contributed by atoms with Gasteiger partial charge in [-0.2, -0.15) is 0 Å². The van der Waals surface area contributed by atoms with E-state index in [1.54, 1.807) is 11.8 Å². The molecular weight excluding hydrogens is 170 g/mol. The van der Waals surface area contributed by atoms with Gasteiger partial charge in [0, 0.05) is 18.4 Å². The summed E-state index contributed by atoms with van der Waals surface area (Å²) in [6.07, 6.45) is 6.47. The predicted molar refractivity (Wildman–Crippen MR) is 51.2 cm³/mol. The average Bonchev–Trinajstić information content (AvgIpc) is 2.05. The van der Waals surface area contributed by atoms with E-state index in [4.69, 9.17) is 5.73 Å². The Balaban J connectivity index is 2.65. The van der Waals surface area contributed by atoms with Gasteiger partial charge in [-0.1, -0.05) is 11.8 Å². The van der Waals surface area contributed by atoms with Gasteiger partial charge < -0.3 is 5.73 Å². The molecule has 0 saturated carbocycles. The molecule has 0 saturated heterocycles. The van der Waals surface area contributed by atoms with Gasteiger partial charge in [0.25, 0.3) is 0 Å². The standard InChI is InChI=1S/C8H13N3S/c1-6(9)3-7-4-10-8(12-2)11-5-7/h4-6H,3,9H2,1-2H3. The summed E-state index contributed by atoms with van der Waals surface area (Å²) >= 11 is 1.54. The molecule has 1 atom stereocenters. The Labute approximate surface area is 76.8 Å². The number of rotatable bonds is 3. The molecule has 0 aromatic carbocycles. The lowest BCUT2D eigenvalue weighted by atomic mass is 10.1. The maximum Gasteiger partial charge on any atom is 0.187 e. The van der Waals surface area contributed by atoms with Crippen molar-refractivity contribution in [1.29, 1.82) is 0 Å². The third kappa shape index (κ3) is 2.79. The van der Waals surface area contributed by atoms with E-state index < -0.39 is 0 Å². The van der Waals surface area contributed by atoms with Crippen LogP contribution in [0.15, 0.2) is 17.6 Å². The zero-order valence-corrected chi connectivity index (χ0v) is 8.14. The monoisotopic (exact) mass is 183 g/mol. The van der Waals surface area contributed by atoms with Crippen molar-refractivity contribution in [2.45, 2.75) is 24.5 Å². The molecule has 1 aromatic rings. The van der Waals surface area contributed by atoms with Crippen molar-refractivity contribution in [3.63, 3.8) is 0 Å². The third-order valence-corrected chi connectivity index (χ3v) is 2.00. The number of hydrogen-bond acceptors (Lipinski definition) is 4. The highest BCUT2D eigenvalue weighted by Crippen LogP contribution is 2.07. The van der Waals surface area contributed by atoms with E-state index in [1.807, 2.05) is 25.6 Å². The fourth-order valence-corrected chi connectivity index (χ4v) is 1.24. The minimum Gasteiger partial charge on any atom is -0.328 e. The van der Waals surface area contributed by atoms with E-state index in [-0.39, 0.29) is 6.04 Å². The average molecular weight is 183 g/mol. The second kappa shape index (κ2) is 4.42. The van der Waals surface area contributed by atoms with Gasteiger partial charge in [-0.3, -0.25) is 0 Å². The number of nitrogens with zero attached hydrogens (tertiary/aromatic N) is 2. The quantitative estimate of drug-likeness (QED) is 0.563. The van der Waals surface area contributed by atoms with Gasteiger partial charge in [0.05, 0.1) is 0 Å². The van der Waals surface area contributed by atoms with Gasteiger partial charge in [0.15, 0.2) is 5.16 Å². The number of aromatic nitrogens is 2. The van der Waals surface area contributed by atoms with E-state index >= 15 is 0 Å². The molecule has 0 fully saturated rings. The number of thioether (sulfide) groups is 1. The van der Waals surface area contributed by atoms with Crippen LogP contribution in [-0.4, -0.2) is 22.3 Å². The van der Waals surface area contributed by atoms with Crippen molar-refractivity contribution in [2.75, 3.05) is 6.26 Å². The van der Waals surface area contributed by atoms with Crippen LogP contribution in [0.3, 0.4) is 0 Å². The molecule has 1 rings (SSSR count). The molecule has 0 bridgehead atoms.